The normalized spacial score (nSPS) is 32.6. The van der Waals surface area contributed by atoms with Gasteiger partial charge in [-0.3, -0.25) is 0 Å². The third-order valence-corrected chi connectivity index (χ3v) is 6.15. The van der Waals surface area contributed by atoms with E-state index in [4.69, 9.17) is 0 Å². The average Bonchev–Trinajstić information content (AvgIpc) is 2.36. The van der Waals surface area contributed by atoms with E-state index in [0.29, 0.717) is 5.41 Å². The van der Waals surface area contributed by atoms with Gasteiger partial charge in [0, 0.05) is 16.6 Å². The number of hydrogen-bond acceptors (Lipinski definition) is 1. The lowest BCUT2D eigenvalue weighted by Crippen LogP contribution is -2.52. The molecule has 0 aromatic heterocycles. The quantitative estimate of drug-likeness (QED) is 0.794. The molecule has 0 bridgehead atoms. The second kappa shape index (κ2) is 5.81. The maximum atomic E-state index is 3.95. The zero-order valence-corrected chi connectivity index (χ0v) is 14.2. The number of hydrogen-bond donors (Lipinski definition) is 1. The summed E-state index contributed by atoms with van der Waals surface area (Å²) in [5, 5.41) is 3.95. The van der Waals surface area contributed by atoms with Crippen molar-refractivity contribution in [1.82, 2.24) is 5.32 Å². The molecule has 1 unspecified atom stereocenters. The van der Waals surface area contributed by atoms with Crippen LogP contribution in [0.5, 0.6) is 0 Å². The molecule has 0 aliphatic heterocycles. The van der Waals surface area contributed by atoms with Crippen LogP contribution >= 0.6 is 15.9 Å². The van der Waals surface area contributed by atoms with Gasteiger partial charge in [0.25, 0.3) is 0 Å². The molecule has 1 nitrogen and oxygen atoms in total. The first kappa shape index (κ1) is 14.6. The van der Waals surface area contributed by atoms with Gasteiger partial charge in [-0.05, 0) is 48.6 Å². The summed E-state index contributed by atoms with van der Waals surface area (Å²) in [6.45, 7) is 4.88. The molecule has 110 valence electrons. The number of halogens is 1. The highest BCUT2D eigenvalue weighted by molar-refractivity contribution is 9.10. The van der Waals surface area contributed by atoms with Gasteiger partial charge in [-0.15, -0.1) is 0 Å². The second-order valence-corrected chi connectivity index (χ2v) is 8.19. The summed E-state index contributed by atoms with van der Waals surface area (Å²) >= 11 is 3.69. The van der Waals surface area contributed by atoms with Gasteiger partial charge in [0.2, 0.25) is 0 Å². The third-order valence-electron chi connectivity index (χ3n) is 5.43. The van der Waals surface area contributed by atoms with Crippen molar-refractivity contribution in [2.45, 2.75) is 70.4 Å². The van der Waals surface area contributed by atoms with Gasteiger partial charge in [0.15, 0.2) is 0 Å². The Bertz CT molecular complexity index is 462. The smallest absolute Gasteiger partial charge is 0.0210 e. The molecule has 2 fully saturated rings. The van der Waals surface area contributed by atoms with E-state index in [1.165, 1.54) is 48.6 Å². The molecule has 2 saturated carbocycles. The minimum Gasteiger partial charge on any atom is -0.311 e. The Morgan fingerprint density at radius 2 is 1.90 bits per heavy atom. The molecule has 1 aromatic carbocycles. The van der Waals surface area contributed by atoms with Crippen LogP contribution < -0.4 is 5.32 Å². The average molecular weight is 336 g/mol. The Labute approximate surface area is 131 Å². The molecule has 3 rings (SSSR count). The first-order valence-electron chi connectivity index (χ1n) is 8.07. The summed E-state index contributed by atoms with van der Waals surface area (Å²) in [5.41, 5.74) is 1.98. The van der Waals surface area contributed by atoms with E-state index in [0.717, 1.165) is 18.0 Å². The van der Waals surface area contributed by atoms with Crippen molar-refractivity contribution < 1.29 is 0 Å². The predicted molar refractivity (Wildman–Crippen MR) is 89.1 cm³/mol. The van der Waals surface area contributed by atoms with Crippen LogP contribution in [0.15, 0.2) is 28.7 Å². The van der Waals surface area contributed by atoms with Crippen LogP contribution in [0.4, 0.5) is 0 Å². The topological polar surface area (TPSA) is 12.0 Å². The van der Waals surface area contributed by atoms with E-state index in [2.05, 4.69) is 59.4 Å². The lowest BCUT2D eigenvalue weighted by molar-refractivity contribution is 0.130. The van der Waals surface area contributed by atoms with Gasteiger partial charge in [-0.2, -0.15) is 0 Å². The zero-order valence-electron chi connectivity index (χ0n) is 12.7. The van der Waals surface area contributed by atoms with Crippen LogP contribution in [0, 0.1) is 5.41 Å². The van der Waals surface area contributed by atoms with Crippen LogP contribution in [0.25, 0.3) is 0 Å². The van der Waals surface area contributed by atoms with Crippen LogP contribution in [-0.2, 0) is 0 Å². The van der Waals surface area contributed by atoms with Crippen LogP contribution in [0.3, 0.4) is 0 Å². The Morgan fingerprint density at radius 3 is 2.60 bits per heavy atom. The van der Waals surface area contributed by atoms with Crippen LogP contribution in [0.1, 0.15) is 63.9 Å². The number of rotatable bonds is 3. The minimum atomic E-state index is 0.483. The maximum Gasteiger partial charge on any atom is 0.0210 e. The van der Waals surface area contributed by atoms with Crippen molar-refractivity contribution in [2.75, 3.05) is 0 Å². The summed E-state index contributed by atoms with van der Waals surface area (Å²) in [6.07, 6.45) is 8.16. The number of nitrogens with one attached hydrogen (secondary N) is 1. The lowest BCUT2D eigenvalue weighted by Gasteiger charge is -2.45. The molecule has 0 amide bonds. The minimum absolute atomic E-state index is 0.483. The van der Waals surface area contributed by atoms with Crippen LogP contribution in [-0.4, -0.2) is 12.1 Å². The van der Waals surface area contributed by atoms with Crippen molar-refractivity contribution >= 4 is 15.9 Å². The summed E-state index contributed by atoms with van der Waals surface area (Å²) in [6, 6.07) is 10.2. The zero-order chi connectivity index (χ0) is 14.2. The maximum absolute atomic E-state index is 3.95. The van der Waals surface area contributed by atoms with Gasteiger partial charge in [-0.25, -0.2) is 0 Å². The Kier molecular flexibility index (Phi) is 4.24. The van der Waals surface area contributed by atoms with E-state index in [9.17, 15) is 0 Å². The van der Waals surface area contributed by atoms with Crippen molar-refractivity contribution in [1.29, 1.82) is 0 Å². The summed E-state index contributed by atoms with van der Waals surface area (Å²) in [4.78, 5) is 0. The Morgan fingerprint density at radius 1 is 1.15 bits per heavy atom. The molecule has 0 saturated heterocycles. The van der Waals surface area contributed by atoms with E-state index in [1.807, 2.05) is 0 Å². The van der Waals surface area contributed by atoms with Crippen molar-refractivity contribution in [3.63, 3.8) is 0 Å². The van der Waals surface area contributed by atoms with E-state index in [-0.39, 0.29) is 0 Å². The lowest BCUT2D eigenvalue weighted by atomic mass is 9.70. The summed E-state index contributed by atoms with van der Waals surface area (Å²) in [5.74, 6) is 0.745. The monoisotopic (exact) mass is 335 g/mol. The Hall–Kier alpha value is -0.340. The fraction of sp³-hybridized carbons (Fsp3) is 0.667. The molecule has 1 aromatic rings. The van der Waals surface area contributed by atoms with Gasteiger partial charge in [0.1, 0.15) is 0 Å². The second-order valence-electron chi connectivity index (χ2n) is 7.34. The van der Waals surface area contributed by atoms with E-state index >= 15 is 0 Å². The molecule has 2 aliphatic rings. The van der Waals surface area contributed by atoms with Gasteiger partial charge >= 0.3 is 0 Å². The highest BCUT2D eigenvalue weighted by Gasteiger charge is 2.37. The molecule has 2 heteroatoms. The summed E-state index contributed by atoms with van der Waals surface area (Å²) < 4.78 is 1.28. The molecular weight excluding hydrogens is 310 g/mol. The van der Waals surface area contributed by atoms with Crippen molar-refractivity contribution in [3.8, 4) is 0 Å². The highest BCUT2D eigenvalue weighted by atomic mass is 79.9. The molecule has 1 atom stereocenters. The van der Waals surface area contributed by atoms with Crippen molar-refractivity contribution in [3.05, 3.63) is 34.3 Å². The van der Waals surface area contributed by atoms with Gasteiger partial charge in [0.05, 0.1) is 0 Å². The predicted octanol–water partition coefficient (Wildman–Crippen LogP) is 5.25. The fourth-order valence-corrected chi connectivity index (χ4v) is 4.51. The molecule has 1 N–H and O–H groups in total. The molecule has 0 spiro atoms. The molecule has 0 heterocycles. The standard InChI is InChI=1S/C18H26BrN/c1-18(2)10-6-5-9-17(18)20-14-11-13(12-14)15-7-3-4-8-16(15)19/h3-4,7-8,13-14,17,20H,5-6,9-12H2,1-2H3. The van der Waals surface area contributed by atoms with Gasteiger partial charge < -0.3 is 5.32 Å². The SMILES string of the molecule is CC1(C)CCCCC1NC1CC(c2ccccc2Br)C1. The van der Waals surface area contributed by atoms with Gasteiger partial charge in [-0.1, -0.05) is 60.8 Å². The molecule has 2 aliphatic carbocycles. The first-order valence-corrected chi connectivity index (χ1v) is 8.86. The molecule has 20 heavy (non-hydrogen) atoms. The van der Waals surface area contributed by atoms with Crippen LogP contribution in [0.2, 0.25) is 0 Å². The van der Waals surface area contributed by atoms with Crippen molar-refractivity contribution in [2.24, 2.45) is 5.41 Å². The largest absolute Gasteiger partial charge is 0.311 e. The van der Waals surface area contributed by atoms with E-state index < -0.39 is 0 Å². The number of benzene rings is 1. The Balaban J connectivity index is 1.55. The third kappa shape index (κ3) is 2.96. The first-order chi connectivity index (χ1) is 9.56. The molecular formula is C18H26BrN. The van der Waals surface area contributed by atoms with E-state index in [1.54, 1.807) is 0 Å². The highest BCUT2D eigenvalue weighted by Crippen LogP contribution is 2.42. The summed E-state index contributed by atoms with van der Waals surface area (Å²) in [7, 11) is 0. The molecule has 0 radical (unpaired) electrons. The fourth-order valence-electron chi connectivity index (χ4n) is 3.90.